The Morgan fingerprint density at radius 3 is 2.50 bits per heavy atom. The van der Waals surface area contributed by atoms with Crippen LogP contribution in [0.1, 0.15) is 79.8 Å². The molecule has 5 aliphatic carbocycles. The number of hydrogen-bond acceptors (Lipinski definition) is 6. The van der Waals surface area contributed by atoms with E-state index in [1.54, 1.807) is 6.20 Å². The van der Waals surface area contributed by atoms with Gasteiger partial charge in [-0.15, -0.1) is 0 Å². The molecule has 7 heteroatoms. The quantitative estimate of drug-likeness (QED) is 0.688. The zero-order chi connectivity index (χ0) is 20.3. The molecule has 30 heavy (non-hydrogen) atoms. The second-order valence-corrected chi connectivity index (χ2v) is 10.5. The smallest absolute Gasteiger partial charge is 0.254 e. The summed E-state index contributed by atoms with van der Waals surface area (Å²) in [5.41, 5.74) is 1.07. The zero-order valence-corrected chi connectivity index (χ0v) is 17.5. The molecular weight excluding hydrogens is 380 g/mol. The first-order valence-corrected chi connectivity index (χ1v) is 11.8. The molecule has 1 aromatic heterocycles. The van der Waals surface area contributed by atoms with Crippen molar-refractivity contribution in [3.05, 3.63) is 17.5 Å². The van der Waals surface area contributed by atoms with E-state index in [0.717, 1.165) is 50.6 Å². The number of amides is 1. The number of nitrogens with zero attached hydrogens (tertiary/aromatic N) is 2. The van der Waals surface area contributed by atoms with Gasteiger partial charge < -0.3 is 20.5 Å². The minimum Gasteiger partial charge on any atom is -0.390 e. The normalized spacial score (nSPS) is 37.9. The van der Waals surface area contributed by atoms with E-state index in [1.165, 1.54) is 12.8 Å². The van der Waals surface area contributed by atoms with Gasteiger partial charge in [0.2, 0.25) is 5.95 Å². The van der Waals surface area contributed by atoms with Crippen molar-refractivity contribution in [1.82, 2.24) is 15.3 Å². The van der Waals surface area contributed by atoms with Crippen LogP contribution in [-0.2, 0) is 4.74 Å². The van der Waals surface area contributed by atoms with Gasteiger partial charge >= 0.3 is 0 Å². The van der Waals surface area contributed by atoms with Crippen molar-refractivity contribution in [2.45, 2.75) is 81.4 Å². The molecule has 6 fully saturated rings. The van der Waals surface area contributed by atoms with Gasteiger partial charge in [0.15, 0.2) is 0 Å². The number of anilines is 1. The summed E-state index contributed by atoms with van der Waals surface area (Å²) < 4.78 is 5.24. The first-order chi connectivity index (χ1) is 14.6. The van der Waals surface area contributed by atoms with E-state index >= 15 is 0 Å². The molecule has 5 saturated carbocycles. The van der Waals surface area contributed by atoms with Crippen LogP contribution in [0, 0.1) is 17.8 Å². The minimum absolute atomic E-state index is 0.0279. The SMILES string of the molecule is O=C(N[C@H]1C2CC3CC1C[C@@](O)(C3)C2)c1cnc(NC2COC2)nc1C1CCCC1. The van der Waals surface area contributed by atoms with Crippen molar-refractivity contribution in [2.75, 3.05) is 18.5 Å². The molecule has 7 nitrogen and oxygen atoms in total. The number of ether oxygens (including phenoxy) is 1. The summed E-state index contributed by atoms with van der Waals surface area (Å²) >= 11 is 0. The molecule has 2 atom stereocenters. The highest BCUT2D eigenvalue weighted by atomic mass is 16.5. The van der Waals surface area contributed by atoms with Crippen LogP contribution in [-0.4, -0.2) is 51.9 Å². The second-order valence-electron chi connectivity index (χ2n) is 10.5. The largest absolute Gasteiger partial charge is 0.390 e. The predicted molar refractivity (Wildman–Crippen MR) is 111 cm³/mol. The number of hydrogen-bond donors (Lipinski definition) is 3. The third-order valence-electron chi connectivity index (χ3n) is 8.31. The lowest BCUT2D eigenvalue weighted by atomic mass is 9.52. The Labute approximate surface area is 177 Å². The summed E-state index contributed by atoms with van der Waals surface area (Å²) in [5.74, 6) is 2.37. The molecule has 1 aliphatic heterocycles. The molecule has 162 valence electrons. The van der Waals surface area contributed by atoms with E-state index in [2.05, 4.69) is 15.6 Å². The fourth-order valence-corrected chi connectivity index (χ4v) is 7.10. The third-order valence-corrected chi connectivity index (χ3v) is 8.31. The van der Waals surface area contributed by atoms with Crippen LogP contribution in [0.3, 0.4) is 0 Å². The molecule has 6 aliphatic rings. The van der Waals surface area contributed by atoms with Crippen molar-refractivity contribution in [3.63, 3.8) is 0 Å². The van der Waals surface area contributed by atoms with E-state index in [1.807, 2.05) is 0 Å². The van der Waals surface area contributed by atoms with Gasteiger partial charge in [-0.3, -0.25) is 4.79 Å². The summed E-state index contributed by atoms with van der Waals surface area (Å²) in [6.45, 7) is 1.37. The van der Waals surface area contributed by atoms with Crippen molar-refractivity contribution in [2.24, 2.45) is 17.8 Å². The van der Waals surface area contributed by atoms with E-state index in [9.17, 15) is 9.90 Å². The Balaban J connectivity index is 1.23. The fourth-order valence-electron chi connectivity index (χ4n) is 7.10. The maximum Gasteiger partial charge on any atom is 0.254 e. The average Bonchev–Trinajstić information content (AvgIpc) is 3.21. The molecule has 3 N–H and O–H groups in total. The van der Waals surface area contributed by atoms with Crippen LogP contribution in [0.5, 0.6) is 0 Å². The first kappa shape index (κ1) is 19.0. The van der Waals surface area contributed by atoms with Crippen molar-refractivity contribution < 1.29 is 14.6 Å². The van der Waals surface area contributed by atoms with E-state index in [4.69, 9.17) is 9.72 Å². The second kappa shape index (κ2) is 7.16. The monoisotopic (exact) mass is 412 g/mol. The van der Waals surface area contributed by atoms with Gasteiger partial charge in [-0.05, 0) is 62.7 Å². The highest BCUT2D eigenvalue weighted by Crippen LogP contribution is 2.55. The molecule has 0 aromatic carbocycles. The summed E-state index contributed by atoms with van der Waals surface area (Å²) in [6, 6.07) is 0.440. The lowest BCUT2D eigenvalue weighted by Crippen LogP contribution is -2.61. The van der Waals surface area contributed by atoms with E-state index < -0.39 is 5.60 Å². The van der Waals surface area contributed by atoms with E-state index in [0.29, 0.717) is 48.4 Å². The molecule has 2 unspecified atom stereocenters. The Kier molecular flexibility index (Phi) is 4.53. The van der Waals surface area contributed by atoms with Gasteiger partial charge in [0.05, 0.1) is 36.1 Å². The van der Waals surface area contributed by atoms with Gasteiger partial charge in [-0.25, -0.2) is 9.97 Å². The third kappa shape index (κ3) is 3.30. The lowest BCUT2D eigenvalue weighted by Gasteiger charge is -2.58. The number of carbonyl (C=O) groups is 1. The standard InChI is InChI=1S/C23H32N4O3/c28-21(26-19-15-5-13-6-16(19)9-23(29,7-13)8-15)18-10-24-22(25-17-11-30-12-17)27-20(18)14-3-1-2-4-14/h10,13-17,19,29H,1-9,11-12H2,(H,26,28)(H,24,25,27)/t13?,15?,16?,19-,23+. The fraction of sp³-hybridized carbons (Fsp3) is 0.783. The average molecular weight is 413 g/mol. The number of aliphatic hydroxyl groups is 1. The van der Waals surface area contributed by atoms with Crippen LogP contribution in [0.25, 0.3) is 0 Å². The molecule has 0 spiro atoms. The van der Waals surface area contributed by atoms with Crippen LogP contribution >= 0.6 is 0 Å². The molecule has 1 aromatic rings. The van der Waals surface area contributed by atoms with Gasteiger partial charge in [-0.1, -0.05) is 12.8 Å². The first-order valence-electron chi connectivity index (χ1n) is 11.8. The molecular formula is C23H32N4O3. The zero-order valence-electron chi connectivity index (χ0n) is 17.5. The molecule has 0 radical (unpaired) electrons. The Morgan fingerprint density at radius 1 is 1.13 bits per heavy atom. The number of rotatable bonds is 5. The van der Waals surface area contributed by atoms with Gasteiger partial charge in [-0.2, -0.15) is 0 Å². The maximum atomic E-state index is 13.4. The molecule has 1 saturated heterocycles. The molecule has 2 heterocycles. The summed E-state index contributed by atoms with van der Waals surface area (Å²) in [6.07, 6.45) is 11.2. The lowest BCUT2D eigenvalue weighted by molar-refractivity contribution is -0.136. The highest BCUT2D eigenvalue weighted by molar-refractivity contribution is 5.95. The number of aromatic nitrogens is 2. The molecule has 7 rings (SSSR count). The Morgan fingerprint density at radius 2 is 1.87 bits per heavy atom. The molecule has 4 bridgehead atoms. The van der Waals surface area contributed by atoms with Crippen LogP contribution < -0.4 is 10.6 Å². The van der Waals surface area contributed by atoms with Crippen LogP contribution in [0.15, 0.2) is 6.20 Å². The molecule has 1 amide bonds. The summed E-state index contributed by atoms with van der Waals surface area (Å²) in [4.78, 5) is 22.7. The summed E-state index contributed by atoms with van der Waals surface area (Å²) in [7, 11) is 0. The van der Waals surface area contributed by atoms with Gasteiger partial charge in [0.1, 0.15) is 0 Å². The van der Waals surface area contributed by atoms with Crippen LogP contribution in [0.2, 0.25) is 0 Å². The Hall–Kier alpha value is -1.73. The number of carbonyl (C=O) groups excluding carboxylic acids is 1. The van der Waals surface area contributed by atoms with Gasteiger partial charge in [0, 0.05) is 18.2 Å². The highest BCUT2D eigenvalue weighted by Gasteiger charge is 2.55. The van der Waals surface area contributed by atoms with Crippen molar-refractivity contribution in [1.29, 1.82) is 0 Å². The van der Waals surface area contributed by atoms with Crippen molar-refractivity contribution >= 4 is 11.9 Å². The number of nitrogens with one attached hydrogen (secondary N) is 2. The Bertz CT molecular complexity index is 820. The van der Waals surface area contributed by atoms with Crippen LogP contribution in [0.4, 0.5) is 5.95 Å². The summed E-state index contributed by atoms with van der Waals surface area (Å²) in [5, 5.41) is 17.5. The van der Waals surface area contributed by atoms with E-state index in [-0.39, 0.29) is 18.0 Å². The predicted octanol–water partition coefficient (Wildman–Crippen LogP) is 2.61. The van der Waals surface area contributed by atoms with Crippen molar-refractivity contribution in [3.8, 4) is 0 Å². The topological polar surface area (TPSA) is 96.4 Å². The van der Waals surface area contributed by atoms with Gasteiger partial charge in [0.25, 0.3) is 5.91 Å². The minimum atomic E-state index is -0.478. The maximum absolute atomic E-state index is 13.4.